The molecule has 3 aromatic rings. The third-order valence-electron chi connectivity index (χ3n) is 7.05. The van der Waals surface area contributed by atoms with Crippen LogP contribution in [0.25, 0.3) is 11.1 Å². The third-order valence-corrected chi connectivity index (χ3v) is 7.05. The van der Waals surface area contributed by atoms with Gasteiger partial charge in [0.05, 0.1) is 6.54 Å². The molecule has 0 spiro atoms. The normalized spacial score (nSPS) is 19.9. The van der Waals surface area contributed by atoms with Gasteiger partial charge in [-0.25, -0.2) is 9.78 Å². The van der Waals surface area contributed by atoms with Crippen LogP contribution in [0.15, 0.2) is 60.7 Å². The number of nitrogens with zero attached hydrogens (tertiary/aromatic N) is 2. The topological polar surface area (TPSA) is 114 Å². The van der Waals surface area contributed by atoms with Crippen LogP contribution in [-0.4, -0.2) is 62.0 Å². The molecule has 2 amide bonds. The Kier molecular flexibility index (Phi) is 7.29. The lowest BCUT2D eigenvalue weighted by molar-refractivity contribution is -0.118. The Labute approximate surface area is 226 Å². The maximum absolute atomic E-state index is 12.5. The van der Waals surface area contributed by atoms with Crippen LogP contribution in [0, 0.1) is 0 Å². The highest BCUT2D eigenvalue weighted by atomic mass is 16.6. The van der Waals surface area contributed by atoms with Crippen molar-refractivity contribution < 1.29 is 23.8 Å². The van der Waals surface area contributed by atoms with E-state index >= 15 is 0 Å². The molecule has 0 bridgehead atoms. The van der Waals surface area contributed by atoms with Crippen LogP contribution in [0.3, 0.4) is 0 Å². The second-order valence-corrected chi connectivity index (χ2v) is 9.91. The first-order valence-corrected chi connectivity index (χ1v) is 13.3. The average molecular weight is 530 g/mol. The van der Waals surface area contributed by atoms with Crippen LogP contribution in [-0.2, 0) is 16.1 Å². The quantitative estimate of drug-likeness (QED) is 0.343. The summed E-state index contributed by atoms with van der Waals surface area (Å²) >= 11 is 0. The Hall–Kier alpha value is -4.15. The summed E-state index contributed by atoms with van der Waals surface area (Å²) in [6, 6.07) is 20.5. The average Bonchev–Trinajstić information content (AvgIpc) is 3.30. The van der Waals surface area contributed by atoms with Gasteiger partial charge in [-0.3, -0.25) is 9.69 Å². The lowest BCUT2D eigenvalue weighted by Crippen LogP contribution is -2.46. The van der Waals surface area contributed by atoms with Gasteiger partial charge >= 0.3 is 6.09 Å². The Bertz CT molecular complexity index is 1360. The van der Waals surface area contributed by atoms with Crippen LogP contribution in [0.2, 0.25) is 0 Å². The molecule has 0 unspecified atom stereocenters. The number of hydrogen-bond acceptors (Lipinski definition) is 8. The monoisotopic (exact) mass is 529 g/mol. The standard InChI is InChI=1S/C29H31N5O5/c35-27-18-38-25-7-8-26(32-28(25)33-27)34-16-24(39-29(34)36)10-11-30-15-19-3-1-4-20(13-19)21-5-2-6-23(14-21)37-17-22-9-12-31-22/h1-8,13-14,22,24,30-31H,9-12,15-18H2,(H,32,33,35)/t22-,24-/m0/s1. The fourth-order valence-corrected chi connectivity index (χ4v) is 4.77. The Balaban J connectivity index is 0.989. The minimum atomic E-state index is -0.446. The molecule has 39 heavy (non-hydrogen) atoms. The van der Waals surface area contributed by atoms with E-state index in [2.05, 4.69) is 57.3 Å². The van der Waals surface area contributed by atoms with E-state index in [-0.39, 0.29) is 18.6 Å². The van der Waals surface area contributed by atoms with Crippen molar-refractivity contribution in [3.63, 3.8) is 0 Å². The van der Waals surface area contributed by atoms with Gasteiger partial charge in [-0.05, 0) is 73.0 Å². The van der Waals surface area contributed by atoms with Crippen molar-refractivity contribution in [1.29, 1.82) is 0 Å². The summed E-state index contributed by atoms with van der Waals surface area (Å²) in [6.45, 7) is 3.51. The van der Waals surface area contributed by atoms with Crippen LogP contribution in [0.1, 0.15) is 18.4 Å². The number of carbonyl (C=O) groups is 2. The number of aromatic nitrogens is 1. The van der Waals surface area contributed by atoms with Crippen molar-refractivity contribution in [1.82, 2.24) is 15.6 Å². The maximum atomic E-state index is 12.5. The third kappa shape index (κ3) is 5.97. The lowest BCUT2D eigenvalue weighted by atomic mass is 10.0. The molecular formula is C29H31N5O5. The minimum absolute atomic E-state index is 0.0419. The Morgan fingerprint density at radius 3 is 2.77 bits per heavy atom. The highest BCUT2D eigenvalue weighted by molar-refractivity contribution is 5.95. The first kappa shape index (κ1) is 25.1. The van der Waals surface area contributed by atoms with Gasteiger partial charge in [0.15, 0.2) is 18.2 Å². The van der Waals surface area contributed by atoms with Gasteiger partial charge in [-0.15, -0.1) is 0 Å². The molecule has 10 nitrogen and oxygen atoms in total. The molecule has 2 aromatic carbocycles. The van der Waals surface area contributed by atoms with Gasteiger partial charge in [0.1, 0.15) is 24.3 Å². The first-order valence-electron chi connectivity index (χ1n) is 13.3. The van der Waals surface area contributed by atoms with E-state index in [4.69, 9.17) is 14.2 Å². The summed E-state index contributed by atoms with van der Waals surface area (Å²) in [4.78, 5) is 29.9. The Morgan fingerprint density at radius 2 is 1.92 bits per heavy atom. The molecule has 0 radical (unpaired) electrons. The molecule has 2 saturated heterocycles. The predicted molar refractivity (Wildman–Crippen MR) is 146 cm³/mol. The number of fused-ring (bicyclic) bond motifs is 1. The van der Waals surface area contributed by atoms with E-state index < -0.39 is 6.09 Å². The number of carbonyl (C=O) groups excluding carboxylic acids is 2. The van der Waals surface area contributed by atoms with Crippen molar-refractivity contribution in [3.8, 4) is 22.6 Å². The van der Waals surface area contributed by atoms with E-state index in [0.29, 0.717) is 56.1 Å². The number of pyridine rings is 1. The number of ether oxygens (including phenoxy) is 3. The predicted octanol–water partition coefficient (Wildman–Crippen LogP) is 3.33. The summed E-state index contributed by atoms with van der Waals surface area (Å²) in [5.41, 5.74) is 3.43. The zero-order valence-corrected chi connectivity index (χ0v) is 21.5. The number of anilines is 2. The molecule has 2 atom stereocenters. The fraction of sp³-hybridized carbons (Fsp3) is 0.345. The van der Waals surface area contributed by atoms with Crippen molar-refractivity contribution in [2.24, 2.45) is 0 Å². The highest BCUT2D eigenvalue weighted by Crippen LogP contribution is 2.30. The molecule has 202 valence electrons. The van der Waals surface area contributed by atoms with Crippen molar-refractivity contribution >= 4 is 23.6 Å². The van der Waals surface area contributed by atoms with Crippen LogP contribution >= 0.6 is 0 Å². The molecule has 2 fully saturated rings. The highest BCUT2D eigenvalue weighted by Gasteiger charge is 2.33. The van der Waals surface area contributed by atoms with Gasteiger partial charge in [0.2, 0.25) is 0 Å². The lowest BCUT2D eigenvalue weighted by Gasteiger charge is -2.27. The largest absolute Gasteiger partial charge is 0.492 e. The molecule has 3 N–H and O–H groups in total. The molecule has 3 aliphatic rings. The fourth-order valence-electron chi connectivity index (χ4n) is 4.77. The second-order valence-electron chi connectivity index (χ2n) is 9.91. The number of rotatable bonds is 10. The SMILES string of the molecule is O=C1COc2ccc(N3C[C@H](CCNCc4cccc(-c5cccc(OC[C@@H]6CCN6)c5)c4)OC3=O)nc2N1. The molecule has 1 aromatic heterocycles. The number of hydrogen-bond donors (Lipinski definition) is 3. The summed E-state index contributed by atoms with van der Waals surface area (Å²) in [7, 11) is 0. The molecule has 4 heterocycles. The summed E-state index contributed by atoms with van der Waals surface area (Å²) in [5.74, 6) is 1.83. The smallest absolute Gasteiger partial charge is 0.415 e. The zero-order chi connectivity index (χ0) is 26.6. The molecule has 10 heteroatoms. The van der Waals surface area contributed by atoms with Gasteiger partial charge in [0.25, 0.3) is 5.91 Å². The van der Waals surface area contributed by atoms with E-state index in [1.807, 2.05) is 12.1 Å². The van der Waals surface area contributed by atoms with Crippen molar-refractivity contribution in [3.05, 3.63) is 66.2 Å². The van der Waals surface area contributed by atoms with Crippen molar-refractivity contribution in [2.75, 3.05) is 43.1 Å². The van der Waals surface area contributed by atoms with Gasteiger partial charge < -0.3 is 30.2 Å². The Morgan fingerprint density at radius 1 is 1.08 bits per heavy atom. The molecule has 0 saturated carbocycles. The van der Waals surface area contributed by atoms with Crippen LogP contribution in [0.5, 0.6) is 11.5 Å². The first-order chi connectivity index (χ1) is 19.1. The molecule has 3 aliphatic heterocycles. The van der Waals surface area contributed by atoms with Gasteiger partial charge in [0, 0.05) is 12.6 Å². The molecular weight excluding hydrogens is 498 g/mol. The molecule has 0 aliphatic carbocycles. The van der Waals surface area contributed by atoms with Gasteiger partial charge in [-0.1, -0.05) is 30.3 Å². The maximum Gasteiger partial charge on any atom is 0.415 e. The second kappa shape index (κ2) is 11.3. The summed E-state index contributed by atoms with van der Waals surface area (Å²) in [5, 5.41) is 9.48. The van der Waals surface area contributed by atoms with Gasteiger partial charge in [-0.2, -0.15) is 0 Å². The number of cyclic esters (lactones) is 1. The number of benzene rings is 2. The van der Waals surface area contributed by atoms with E-state index in [9.17, 15) is 9.59 Å². The zero-order valence-electron chi connectivity index (χ0n) is 21.5. The number of amides is 2. The van der Waals surface area contributed by atoms with E-state index in [1.54, 1.807) is 12.1 Å². The number of nitrogens with one attached hydrogen (secondary N) is 3. The summed E-state index contributed by atoms with van der Waals surface area (Å²) < 4.78 is 16.9. The van der Waals surface area contributed by atoms with Crippen molar-refractivity contribution in [2.45, 2.75) is 31.5 Å². The minimum Gasteiger partial charge on any atom is -0.492 e. The molecule has 6 rings (SSSR count). The van der Waals surface area contributed by atoms with Crippen LogP contribution in [0.4, 0.5) is 16.4 Å². The summed E-state index contributed by atoms with van der Waals surface area (Å²) in [6.07, 6.45) is 1.14. The van der Waals surface area contributed by atoms with Crippen LogP contribution < -0.4 is 30.3 Å². The van der Waals surface area contributed by atoms with E-state index in [1.165, 1.54) is 16.9 Å². The van der Waals surface area contributed by atoms with E-state index in [0.717, 1.165) is 23.4 Å².